The van der Waals surface area contributed by atoms with E-state index in [4.69, 9.17) is 4.74 Å². The number of carbonyl (C=O) groups excluding carboxylic acids is 2. The Hall–Kier alpha value is -2.25. The zero-order valence-electron chi connectivity index (χ0n) is 15.4. The molecule has 0 bridgehead atoms. The number of ether oxygens (including phenoxy) is 1. The number of aliphatic hydroxyl groups is 1. The second kappa shape index (κ2) is 5.93. The van der Waals surface area contributed by atoms with Crippen LogP contribution in [0.5, 0.6) is 0 Å². The number of carbonyl (C=O) groups is 3. The van der Waals surface area contributed by atoms with E-state index in [0.717, 1.165) is 4.90 Å². The molecule has 2 amide bonds. The van der Waals surface area contributed by atoms with Gasteiger partial charge < -0.3 is 20.3 Å². The molecule has 2 aliphatic heterocycles. The number of nitrogens with zero attached hydrogens (tertiary/aromatic N) is 1. The summed E-state index contributed by atoms with van der Waals surface area (Å²) in [6.45, 7) is 10.8. The van der Waals surface area contributed by atoms with Gasteiger partial charge in [0, 0.05) is 5.92 Å². The van der Waals surface area contributed by atoms with Crippen LogP contribution in [0.25, 0.3) is 0 Å². The number of rotatable bonds is 2. The van der Waals surface area contributed by atoms with E-state index in [0.29, 0.717) is 6.42 Å². The molecule has 8 nitrogen and oxygen atoms in total. The number of aliphatic carboxylic acids is 1. The summed E-state index contributed by atoms with van der Waals surface area (Å²) in [5, 5.41) is 22.3. The number of aliphatic hydroxyl groups excluding tert-OH is 1. The number of fused-ring (bicyclic) bond motifs is 1. The standard InChI is InChI=1S/C17H26N2O6/c1-16(2,3)8-7-9-10(18-15(24)25-17(4,5)6)13(21)19(9)11(12(8)20)14(22)23/h8-10,20H,7H2,1-6H3,(H,18,24)(H,22,23)/t8?,9-,10+/m1/s1. The Kier molecular flexibility index (Phi) is 4.52. The first-order valence-electron chi connectivity index (χ1n) is 8.23. The molecule has 0 aromatic carbocycles. The highest BCUT2D eigenvalue weighted by Gasteiger charge is 2.57. The van der Waals surface area contributed by atoms with Crippen molar-refractivity contribution in [2.24, 2.45) is 11.3 Å². The third kappa shape index (κ3) is 3.57. The van der Waals surface area contributed by atoms with E-state index in [2.05, 4.69) is 5.32 Å². The summed E-state index contributed by atoms with van der Waals surface area (Å²) in [6, 6.07) is -1.38. The normalized spacial score (nSPS) is 26.7. The molecule has 1 fully saturated rings. The van der Waals surface area contributed by atoms with Crippen LogP contribution < -0.4 is 5.32 Å². The second-order valence-electron chi connectivity index (χ2n) is 8.59. The first-order chi connectivity index (χ1) is 11.2. The minimum absolute atomic E-state index is 0.291. The number of alkyl carbamates (subject to hydrolysis) is 1. The van der Waals surface area contributed by atoms with Gasteiger partial charge in [-0.2, -0.15) is 0 Å². The van der Waals surface area contributed by atoms with E-state index in [1.165, 1.54) is 0 Å². The number of allylic oxidation sites excluding steroid dienone is 1. The molecular formula is C17H26N2O6. The minimum Gasteiger partial charge on any atom is -0.510 e. The summed E-state index contributed by atoms with van der Waals surface area (Å²) in [5.41, 5.74) is -1.50. The van der Waals surface area contributed by atoms with Gasteiger partial charge in [0.25, 0.3) is 5.91 Å². The van der Waals surface area contributed by atoms with Crippen molar-refractivity contribution >= 4 is 18.0 Å². The second-order valence-corrected chi connectivity index (χ2v) is 8.59. The van der Waals surface area contributed by atoms with Crippen molar-refractivity contribution < 1.29 is 29.3 Å². The average molecular weight is 354 g/mol. The van der Waals surface area contributed by atoms with Gasteiger partial charge in [0.1, 0.15) is 17.4 Å². The Labute approximate surface area is 146 Å². The molecule has 2 heterocycles. The van der Waals surface area contributed by atoms with Crippen molar-refractivity contribution in [2.75, 3.05) is 0 Å². The first-order valence-corrected chi connectivity index (χ1v) is 8.23. The summed E-state index contributed by atoms with van der Waals surface area (Å²) in [7, 11) is 0. The molecule has 1 saturated heterocycles. The molecule has 8 heteroatoms. The lowest BCUT2D eigenvalue weighted by atomic mass is 9.70. The summed E-state index contributed by atoms with van der Waals surface area (Å²) in [6.07, 6.45) is -0.369. The number of nitrogens with one attached hydrogen (secondary N) is 1. The molecule has 3 N–H and O–H groups in total. The Morgan fingerprint density at radius 3 is 2.20 bits per heavy atom. The first kappa shape index (κ1) is 19.1. The Morgan fingerprint density at radius 2 is 1.76 bits per heavy atom. The van der Waals surface area contributed by atoms with Crippen molar-refractivity contribution in [2.45, 2.75) is 65.6 Å². The van der Waals surface area contributed by atoms with Crippen LogP contribution in [0.3, 0.4) is 0 Å². The maximum absolute atomic E-state index is 12.4. The predicted molar refractivity (Wildman–Crippen MR) is 88.6 cm³/mol. The summed E-state index contributed by atoms with van der Waals surface area (Å²) >= 11 is 0. The van der Waals surface area contributed by atoms with Crippen LogP contribution in [0.2, 0.25) is 0 Å². The van der Waals surface area contributed by atoms with Crippen molar-refractivity contribution in [1.29, 1.82) is 0 Å². The van der Waals surface area contributed by atoms with Gasteiger partial charge >= 0.3 is 12.1 Å². The van der Waals surface area contributed by atoms with E-state index in [9.17, 15) is 24.6 Å². The quantitative estimate of drug-likeness (QED) is 0.653. The van der Waals surface area contributed by atoms with Crippen LogP contribution >= 0.6 is 0 Å². The fourth-order valence-electron chi connectivity index (χ4n) is 3.27. The molecule has 2 aliphatic rings. The van der Waals surface area contributed by atoms with Gasteiger partial charge in [-0.3, -0.25) is 9.69 Å². The average Bonchev–Trinajstić information content (AvgIpc) is 2.40. The number of amides is 2. The largest absolute Gasteiger partial charge is 0.510 e. The molecule has 0 aromatic heterocycles. The SMILES string of the molecule is CC(C)(C)OC(=O)N[C@@H]1C(=O)N2C(C(=O)O)=C(O)C(C(C)(C)C)C[C@H]12. The number of carboxylic acid groups (broad SMARTS) is 1. The van der Waals surface area contributed by atoms with Crippen molar-refractivity contribution in [3.05, 3.63) is 11.5 Å². The van der Waals surface area contributed by atoms with Gasteiger partial charge in [-0.25, -0.2) is 9.59 Å². The highest BCUT2D eigenvalue weighted by molar-refractivity contribution is 6.01. The third-order valence-corrected chi connectivity index (χ3v) is 4.43. The maximum atomic E-state index is 12.4. The van der Waals surface area contributed by atoms with Crippen LogP contribution in [0, 0.1) is 11.3 Å². The molecule has 25 heavy (non-hydrogen) atoms. The fourth-order valence-corrected chi connectivity index (χ4v) is 3.27. The smallest absolute Gasteiger partial charge is 0.408 e. The summed E-state index contributed by atoms with van der Waals surface area (Å²) < 4.78 is 5.16. The van der Waals surface area contributed by atoms with E-state index < -0.39 is 52.7 Å². The monoisotopic (exact) mass is 354 g/mol. The molecule has 0 saturated carbocycles. The van der Waals surface area contributed by atoms with Crippen molar-refractivity contribution in [1.82, 2.24) is 10.2 Å². The molecule has 0 radical (unpaired) electrons. The Balaban J connectivity index is 2.27. The van der Waals surface area contributed by atoms with Gasteiger partial charge in [-0.15, -0.1) is 0 Å². The predicted octanol–water partition coefficient (Wildman–Crippen LogP) is 2.01. The van der Waals surface area contributed by atoms with Gasteiger partial charge in [-0.05, 0) is 32.6 Å². The Morgan fingerprint density at radius 1 is 1.20 bits per heavy atom. The Bertz CT molecular complexity index is 641. The lowest BCUT2D eigenvalue weighted by Gasteiger charge is -2.52. The highest BCUT2D eigenvalue weighted by atomic mass is 16.6. The van der Waals surface area contributed by atoms with Gasteiger partial charge in [-0.1, -0.05) is 20.8 Å². The lowest BCUT2D eigenvalue weighted by molar-refractivity contribution is -0.157. The van der Waals surface area contributed by atoms with E-state index >= 15 is 0 Å². The molecule has 140 valence electrons. The summed E-state index contributed by atoms with van der Waals surface area (Å²) in [4.78, 5) is 36.9. The van der Waals surface area contributed by atoms with Gasteiger partial charge in [0.2, 0.25) is 0 Å². The van der Waals surface area contributed by atoms with Gasteiger partial charge in [0.15, 0.2) is 5.70 Å². The van der Waals surface area contributed by atoms with Crippen LogP contribution in [0.4, 0.5) is 4.79 Å². The van der Waals surface area contributed by atoms with E-state index in [1.807, 2.05) is 20.8 Å². The highest BCUT2D eigenvalue weighted by Crippen LogP contribution is 2.45. The van der Waals surface area contributed by atoms with Crippen molar-refractivity contribution in [3.8, 4) is 0 Å². The molecule has 2 rings (SSSR count). The van der Waals surface area contributed by atoms with Gasteiger partial charge in [0.05, 0.1) is 6.04 Å². The van der Waals surface area contributed by atoms with Crippen LogP contribution in [0.1, 0.15) is 48.0 Å². The van der Waals surface area contributed by atoms with Crippen LogP contribution in [-0.2, 0) is 14.3 Å². The van der Waals surface area contributed by atoms with Crippen molar-refractivity contribution in [3.63, 3.8) is 0 Å². The fraction of sp³-hybridized carbons (Fsp3) is 0.706. The summed E-state index contributed by atoms with van der Waals surface area (Å²) in [5.74, 6) is -2.65. The zero-order chi connectivity index (χ0) is 19.3. The van der Waals surface area contributed by atoms with E-state index in [1.54, 1.807) is 20.8 Å². The molecule has 0 aromatic rings. The van der Waals surface area contributed by atoms with E-state index in [-0.39, 0.29) is 5.76 Å². The third-order valence-electron chi connectivity index (χ3n) is 4.43. The molecule has 1 unspecified atom stereocenters. The number of carboxylic acids is 1. The minimum atomic E-state index is -1.36. The zero-order valence-corrected chi connectivity index (χ0v) is 15.4. The van der Waals surface area contributed by atoms with Crippen LogP contribution in [0.15, 0.2) is 11.5 Å². The number of β-lactam (4-membered cyclic amide) rings is 1. The molecule has 0 aliphatic carbocycles. The number of hydrogen-bond acceptors (Lipinski definition) is 5. The topological polar surface area (TPSA) is 116 Å². The molecule has 3 atom stereocenters. The number of hydrogen-bond donors (Lipinski definition) is 3. The maximum Gasteiger partial charge on any atom is 0.408 e. The lowest BCUT2D eigenvalue weighted by Crippen LogP contribution is -2.73. The molecular weight excluding hydrogens is 328 g/mol. The van der Waals surface area contributed by atoms with Crippen LogP contribution in [-0.4, -0.2) is 50.8 Å². The molecule has 0 spiro atoms.